The van der Waals surface area contributed by atoms with E-state index in [-0.39, 0.29) is 12.0 Å². The van der Waals surface area contributed by atoms with E-state index in [0.29, 0.717) is 23.0 Å². The molecule has 6 heteroatoms. The van der Waals surface area contributed by atoms with E-state index in [1.807, 2.05) is 73.6 Å². The van der Waals surface area contributed by atoms with Gasteiger partial charge in [-0.2, -0.15) is 0 Å². The largest absolute Gasteiger partial charge is 0.463 e. The number of benzene rings is 2. The number of thiocarbonyl (C=S) groups is 1. The summed E-state index contributed by atoms with van der Waals surface area (Å²) in [5.74, 6) is -0.361. The van der Waals surface area contributed by atoms with Crippen molar-refractivity contribution in [3.63, 3.8) is 0 Å². The number of anilines is 1. The number of carbonyl (C=O) groups excluding carboxylic acids is 1. The normalized spacial score (nSPS) is 16.4. The third-order valence-electron chi connectivity index (χ3n) is 4.37. The van der Waals surface area contributed by atoms with E-state index in [2.05, 4.69) is 10.6 Å². The Labute approximate surface area is 165 Å². The van der Waals surface area contributed by atoms with Gasteiger partial charge in [-0.3, -0.25) is 0 Å². The number of hydrogen-bond donors (Lipinski definition) is 2. The molecule has 0 spiro atoms. The Morgan fingerprint density at radius 1 is 1.11 bits per heavy atom. The fraction of sp³-hybridized carbons (Fsp3) is 0.238. The first-order valence-corrected chi connectivity index (χ1v) is 9.23. The summed E-state index contributed by atoms with van der Waals surface area (Å²) in [5, 5.41) is 6.84. The summed E-state index contributed by atoms with van der Waals surface area (Å²) in [4.78, 5) is 14.9. The van der Waals surface area contributed by atoms with Gasteiger partial charge in [0.1, 0.15) is 0 Å². The molecule has 1 atom stereocenters. The van der Waals surface area contributed by atoms with Gasteiger partial charge in [0.05, 0.1) is 23.9 Å². The molecular formula is C21H23N3O2S. The van der Waals surface area contributed by atoms with Crippen LogP contribution in [0, 0.1) is 0 Å². The Hall–Kier alpha value is -2.86. The van der Waals surface area contributed by atoms with Crippen molar-refractivity contribution in [3.8, 4) is 0 Å². The molecule has 0 saturated heterocycles. The zero-order valence-corrected chi connectivity index (χ0v) is 16.5. The van der Waals surface area contributed by atoms with Crippen LogP contribution < -0.4 is 15.5 Å². The fourth-order valence-electron chi connectivity index (χ4n) is 3.04. The van der Waals surface area contributed by atoms with E-state index >= 15 is 0 Å². The topological polar surface area (TPSA) is 53.6 Å². The highest BCUT2D eigenvalue weighted by Crippen LogP contribution is 2.32. The maximum absolute atomic E-state index is 12.8. The quantitative estimate of drug-likeness (QED) is 0.613. The first kappa shape index (κ1) is 18.9. The summed E-state index contributed by atoms with van der Waals surface area (Å²) in [5.41, 5.74) is 4.12. The average molecular weight is 382 g/mol. The molecule has 0 fully saturated rings. The second-order valence-corrected chi connectivity index (χ2v) is 6.80. The Bertz CT molecular complexity index is 861. The van der Waals surface area contributed by atoms with Crippen LogP contribution in [0.15, 0.2) is 60.2 Å². The first-order valence-electron chi connectivity index (χ1n) is 8.82. The standard InChI is InChI=1S/C21H23N3O2S/c1-4-26-20(25)17-18(14-8-6-5-7-9-14)22-21(27)23-19(17)15-10-12-16(13-11-15)24(2)3/h5-13,19H,4H2,1-3H3,(H2,22,23,27). The van der Waals surface area contributed by atoms with Gasteiger partial charge in [-0.25, -0.2) is 4.79 Å². The number of nitrogens with zero attached hydrogens (tertiary/aromatic N) is 1. The molecule has 0 saturated carbocycles. The molecule has 0 amide bonds. The third kappa shape index (κ3) is 4.11. The molecule has 140 valence electrons. The zero-order chi connectivity index (χ0) is 19.4. The average Bonchev–Trinajstić information content (AvgIpc) is 2.68. The summed E-state index contributed by atoms with van der Waals surface area (Å²) in [6.45, 7) is 2.11. The van der Waals surface area contributed by atoms with Gasteiger partial charge in [-0.05, 0) is 42.4 Å². The van der Waals surface area contributed by atoms with Crippen LogP contribution in [-0.2, 0) is 9.53 Å². The van der Waals surface area contributed by atoms with E-state index in [9.17, 15) is 4.79 Å². The Morgan fingerprint density at radius 3 is 2.37 bits per heavy atom. The van der Waals surface area contributed by atoms with Gasteiger partial charge in [0.2, 0.25) is 0 Å². The minimum Gasteiger partial charge on any atom is -0.463 e. The number of ether oxygens (including phenoxy) is 1. The summed E-state index contributed by atoms with van der Waals surface area (Å²) in [6.07, 6.45) is 0. The van der Waals surface area contributed by atoms with Crippen LogP contribution in [0.25, 0.3) is 5.70 Å². The highest BCUT2D eigenvalue weighted by atomic mass is 32.1. The van der Waals surface area contributed by atoms with E-state index in [4.69, 9.17) is 17.0 Å². The number of esters is 1. The van der Waals surface area contributed by atoms with Crippen LogP contribution in [0.3, 0.4) is 0 Å². The summed E-state index contributed by atoms with van der Waals surface area (Å²) in [7, 11) is 3.98. The first-order chi connectivity index (χ1) is 13.0. The highest BCUT2D eigenvalue weighted by Gasteiger charge is 2.33. The van der Waals surface area contributed by atoms with Crippen LogP contribution >= 0.6 is 12.2 Å². The van der Waals surface area contributed by atoms with Crippen LogP contribution in [-0.4, -0.2) is 31.8 Å². The molecule has 1 unspecified atom stereocenters. The summed E-state index contributed by atoms with van der Waals surface area (Å²) < 4.78 is 5.35. The lowest BCUT2D eigenvalue weighted by Crippen LogP contribution is -2.45. The lowest BCUT2D eigenvalue weighted by Gasteiger charge is -2.31. The van der Waals surface area contributed by atoms with Crippen LogP contribution in [0.4, 0.5) is 5.69 Å². The van der Waals surface area contributed by atoms with Crippen molar-refractivity contribution in [2.45, 2.75) is 13.0 Å². The minimum absolute atomic E-state index is 0.307. The Morgan fingerprint density at radius 2 is 1.78 bits per heavy atom. The second-order valence-electron chi connectivity index (χ2n) is 6.39. The molecule has 1 aliphatic rings. The molecular weight excluding hydrogens is 358 g/mol. The number of rotatable bonds is 5. The number of nitrogens with one attached hydrogen (secondary N) is 2. The molecule has 0 aliphatic carbocycles. The predicted molar refractivity (Wildman–Crippen MR) is 112 cm³/mol. The zero-order valence-electron chi connectivity index (χ0n) is 15.7. The van der Waals surface area contributed by atoms with Crippen molar-refractivity contribution in [1.82, 2.24) is 10.6 Å². The Balaban J connectivity index is 2.12. The van der Waals surface area contributed by atoms with Crippen LogP contribution in [0.1, 0.15) is 24.1 Å². The van der Waals surface area contributed by atoms with E-state index < -0.39 is 0 Å². The monoisotopic (exact) mass is 381 g/mol. The maximum Gasteiger partial charge on any atom is 0.338 e. The maximum atomic E-state index is 12.8. The number of carbonyl (C=O) groups is 1. The molecule has 0 aromatic heterocycles. The molecule has 3 rings (SSSR count). The predicted octanol–water partition coefficient (Wildman–Crippen LogP) is 3.25. The summed E-state index contributed by atoms with van der Waals surface area (Å²) >= 11 is 5.41. The van der Waals surface area contributed by atoms with Crippen LogP contribution in [0.5, 0.6) is 0 Å². The summed E-state index contributed by atoms with van der Waals surface area (Å²) in [6, 6.07) is 17.3. The van der Waals surface area contributed by atoms with Crippen molar-refractivity contribution in [2.75, 3.05) is 25.6 Å². The lowest BCUT2D eigenvalue weighted by molar-refractivity contribution is -0.138. The highest BCUT2D eigenvalue weighted by molar-refractivity contribution is 7.80. The van der Waals surface area contributed by atoms with Gasteiger partial charge in [-0.15, -0.1) is 0 Å². The fourth-order valence-corrected chi connectivity index (χ4v) is 3.26. The second kappa shape index (κ2) is 8.22. The van der Waals surface area contributed by atoms with E-state index in [1.165, 1.54) is 0 Å². The molecule has 2 aromatic rings. The van der Waals surface area contributed by atoms with Gasteiger partial charge in [0.15, 0.2) is 5.11 Å². The van der Waals surface area contributed by atoms with Crippen molar-refractivity contribution in [3.05, 3.63) is 71.3 Å². The SMILES string of the molecule is CCOC(=O)C1=C(c2ccccc2)NC(=S)NC1c1ccc(N(C)C)cc1. The molecule has 1 aliphatic heterocycles. The number of hydrogen-bond acceptors (Lipinski definition) is 4. The van der Waals surface area contributed by atoms with Crippen molar-refractivity contribution in [2.24, 2.45) is 0 Å². The molecule has 2 aromatic carbocycles. The van der Waals surface area contributed by atoms with Gasteiger partial charge in [0, 0.05) is 19.8 Å². The third-order valence-corrected chi connectivity index (χ3v) is 4.59. The molecule has 27 heavy (non-hydrogen) atoms. The molecule has 1 heterocycles. The lowest BCUT2D eigenvalue weighted by atomic mass is 9.92. The van der Waals surface area contributed by atoms with E-state index in [0.717, 1.165) is 16.8 Å². The van der Waals surface area contributed by atoms with Gasteiger partial charge < -0.3 is 20.3 Å². The molecule has 2 N–H and O–H groups in total. The Kier molecular flexibility index (Phi) is 5.76. The van der Waals surface area contributed by atoms with Crippen molar-refractivity contribution in [1.29, 1.82) is 0 Å². The van der Waals surface area contributed by atoms with E-state index in [1.54, 1.807) is 6.92 Å². The van der Waals surface area contributed by atoms with Crippen molar-refractivity contribution < 1.29 is 9.53 Å². The van der Waals surface area contributed by atoms with Crippen molar-refractivity contribution >= 4 is 34.7 Å². The van der Waals surface area contributed by atoms with Crippen LogP contribution in [0.2, 0.25) is 0 Å². The van der Waals surface area contributed by atoms with Gasteiger partial charge in [0.25, 0.3) is 0 Å². The van der Waals surface area contributed by atoms with Gasteiger partial charge >= 0.3 is 5.97 Å². The smallest absolute Gasteiger partial charge is 0.338 e. The molecule has 0 bridgehead atoms. The molecule has 5 nitrogen and oxygen atoms in total. The minimum atomic E-state index is -0.385. The van der Waals surface area contributed by atoms with Gasteiger partial charge in [-0.1, -0.05) is 42.5 Å². The molecule has 0 radical (unpaired) electrons.